The third kappa shape index (κ3) is 3.01. The summed E-state index contributed by atoms with van der Waals surface area (Å²) in [6.45, 7) is 1.03. The molecule has 2 amide bonds. The summed E-state index contributed by atoms with van der Waals surface area (Å²) < 4.78 is 17.9. The van der Waals surface area contributed by atoms with Gasteiger partial charge in [-0.15, -0.1) is 0 Å². The van der Waals surface area contributed by atoms with Gasteiger partial charge in [0, 0.05) is 31.4 Å². The summed E-state index contributed by atoms with van der Waals surface area (Å²) in [4.78, 5) is 27.4. The number of aromatic nitrogens is 1. The second-order valence-corrected chi connectivity index (χ2v) is 5.22. The van der Waals surface area contributed by atoms with E-state index < -0.39 is 17.9 Å². The van der Waals surface area contributed by atoms with E-state index in [0.717, 1.165) is 5.69 Å². The number of hydrogen-bond acceptors (Lipinski definition) is 5. The smallest absolute Gasteiger partial charge is 0.293 e. The number of hydrogen-bond donors (Lipinski definition) is 1. The van der Waals surface area contributed by atoms with Crippen molar-refractivity contribution in [2.24, 2.45) is 5.73 Å². The van der Waals surface area contributed by atoms with Crippen LogP contribution in [-0.4, -0.2) is 47.5 Å². The number of carbonyl (C=O) groups excluding carboxylic acids is 2. The van der Waals surface area contributed by atoms with Crippen molar-refractivity contribution >= 4 is 17.5 Å². The van der Waals surface area contributed by atoms with Crippen LogP contribution >= 0.6 is 0 Å². The Bertz CT molecular complexity index is 702. The highest BCUT2D eigenvalue weighted by Gasteiger charge is 2.35. The van der Waals surface area contributed by atoms with Gasteiger partial charge in [-0.25, -0.2) is 4.39 Å². The number of primary amides is 1. The van der Waals surface area contributed by atoms with Crippen LogP contribution < -0.4 is 10.6 Å². The van der Waals surface area contributed by atoms with Crippen molar-refractivity contribution in [1.82, 2.24) is 10.1 Å². The summed E-state index contributed by atoms with van der Waals surface area (Å²) in [5.41, 5.74) is 6.22. The van der Waals surface area contributed by atoms with Gasteiger partial charge in [-0.2, -0.15) is 0 Å². The number of nitrogens with zero attached hydrogens (tertiary/aromatic N) is 3. The lowest BCUT2D eigenvalue weighted by atomic mass is 10.1. The van der Waals surface area contributed by atoms with Gasteiger partial charge in [0.25, 0.3) is 5.91 Å². The van der Waals surface area contributed by atoms with Crippen molar-refractivity contribution in [2.45, 2.75) is 6.04 Å². The highest BCUT2D eigenvalue weighted by molar-refractivity contribution is 5.95. The van der Waals surface area contributed by atoms with Crippen molar-refractivity contribution in [1.29, 1.82) is 0 Å². The van der Waals surface area contributed by atoms with Crippen LogP contribution in [0.2, 0.25) is 0 Å². The van der Waals surface area contributed by atoms with Crippen LogP contribution in [-0.2, 0) is 4.79 Å². The van der Waals surface area contributed by atoms with E-state index in [2.05, 4.69) is 5.16 Å². The van der Waals surface area contributed by atoms with Crippen molar-refractivity contribution in [2.75, 3.05) is 24.5 Å². The highest BCUT2D eigenvalue weighted by atomic mass is 19.1. The Morgan fingerprint density at radius 3 is 2.57 bits per heavy atom. The molecule has 1 aromatic carbocycles. The fourth-order valence-electron chi connectivity index (χ4n) is 2.62. The van der Waals surface area contributed by atoms with Gasteiger partial charge in [0.05, 0.1) is 6.20 Å². The molecule has 8 heteroatoms. The molecular weight excluding hydrogens is 303 g/mol. The molecule has 2 N–H and O–H groups in total. The Kier molecular flexibility index (Phi) is 3.96. The van der Waals surface area contributed by atoms with Crippen molar-refractivity contribution in [3.63, 3.8) is 0 Å². The normalized spacial score (nSPS) is 18.0. The molecule has 1 fully saturated rings. The maximum atomic E-state index is 13.0. The molecule has 1 atom stereocenters. The van der Waals surface area contributed by atoms with Crippen molar-refractivity contribution in [3.05, 3.63) is 48.1 Å². The average molecular weight is 318 g/mol. The van der Waals surface area contributed by atoms with Crippen LogP contribution in [0, 0.1) is 5.82 Å². The summed E-state index contributed by atoms with van der Waals surface area (Å²) >= 11 is 0. The van der Waals surface area contributed by atoms with E-state index in [1.165, 1.54) is 29.3 Å². The van der Waals surface area contributed by atoms with Crippen molar-refractivity contribution in [3.8, 4) is 0 Å². The van der Waals surface area contributed by atoms with E-state index in [1.54, 1.807) is 12.1 Å². The van der Waals surface area contributed by atoms with Gasteiger partial charge >= 0.3 is 0 Å². The van der Waals surface area contributed by atoms with E-state index in [0.29, 0.717) is 13.1 Å². The van der Waals surface area contributed by atoms with Crippen LogP contribution in [0.4, 0.5) is 10.1 Å². The quantitative estimate of drug-likeness (QED) is 0.896. The lowest BCUT2D eigenvalue weighted by molar-refractivity contribution is -0.122. The maximum absolute atomic E-state index is 13.0. The number of rotatable bonds is 3. The number of piperazine rings is 1. The monoisotopic (exact) mass is 318 g/mol. The Labute approximate surface area is 131 Å². The largest absolute Gasteiger partial charge is 0.368 e. The molecule has 2 aromatic rings. The molecule has 23 heavy (non-hydrogen) atoms. The third-order valence-electron chi connectivity index (χ3n) is 3.81. The summed E-state index contributed by atoms with van der Waals surface area (Å²) in [6.07, 6.45) is 1.36. The lowest BCUT2D eigenvalue weighted by Crippen LogP contribution is -2.60. The van der Waals surface area contributed by atoms with E-state index in [9.17, 15) is 14.0 Å². The van der Waals surface area contributed by atoms with E-state index in [1.807, 2.05) is 4.90 Å². The molecule has 0 bridgehead atoms. The van der Waals surface area contributed by atoms with Crippen LogP contribution in [0.5, 0.6) is 0 Å². The molecule has 2 heterocycles. The van der Waals surface area contributed by atoms with Crippen LogP contribution in [0.1, 0.15) is 10.6 Å². The minimum absolute atomic E-state index is 0.0616. The van der Waals surface area contributed by atoms with E-state index >= 15 is 0 Å². The van der Waals surface area contributed by atoms with Gasteiger partial charge in [0.1, 0.15) is 11.9 Å². The number of anilines is 1. The average Bonchev–Trinajstić information content (AvgIpc) is 3.09. The number of halogens is 1. The first-order valence-corrected chi connectivity index (χ1v) is 7.08. The number of amides is 2. The topological polar surface area (TPSA) is 92.7 Å². The van der Waals surface area contributed by atoms with Crippen molar-refractivity contribution < 1.29 is 18.5 Å². The second kappa shape index (κ2) is 6.07. The molecule has 0 saturated carbocycles. The van der Waals surface area contributed by atoms with Gasteiger partial charge in [-0.1, -0.05) is 5.16 Å². The number of nitrogens with two attached hydrogens (primary N) is 1. The highest BCUT2D eigenvalue weighted by Crippen LogP contribution is 2.21. The number of carbonyl (C=O) groups is 2. The Hall–Kier alpha value is -2.90. The van der Waals surface area contributed by atoms with Gasteiger partial charge in [-0.3, -0.25) is 9.59 Å². The zero-order valence-electron chi connectivity index (χ0n) is 12.2. The van der Waals surface area contributed by atoms with Crippen LogP contribution in [0.25, 0.3) is 0 Å². The fraction of sp³-hybridized carbons (Fsp3) is 0.267. The molecule has 1 aliphatic heterocycles. The Morgan fingerprint density at radius 1 is 1.22 bits per heavy atom. The fourth-order valence-corrected chi connectivity index (χ4v) is 2.62. The Balaban J connectivity index is 1.79. The molecular formula is C15H15FN4O3. The first-order valence-electron chi connectivity index (χ1n) is 7.08. The predicted octanol–water partition coefficient (Wildman–Crippen LogP) is 0.630. The molecule has 7 nitrogen and oxygen atoms in total. The first-order chi connectivity index (χ1) is 11.1. The number of benzene rings is 1. The molecule has 1 aromatic heterocycles. The summed E-state index contributed by atoms with van der Waals surface area (Å²) in [5, 5.41) is 3.49. The van der Waals surface area contributed by atoms with Gasteiger partial charge in [0.15, 0.2) is 0 Å². The Morgan fingerprint density at radius 2 is 1.96 bits per heavy atom. The first kappa shape index (κ1) is 15.0. The maximum Gasteiger partial charge on any atom is 0.293 e. The SMILES string of the molecule is NC(=O)C1CN(c2ccc(F)cc2)CCN1C(=O)c1ccno1. The molecule has 0 spiro atoms. The van der Waals surface area contributed by atoms with Crippen LogP contribution in [0.15, 0.2) is 41.1 Å². The predicted molar refractivity (Wildman–Crippen MR) is 79.1 cm³/mol. The summed E-state index contributed by atoms with van der Waals surface area (Å²) in [5.74, 6) is -1.31. The minimum Gasteiger partial charge on any atom is -0.368 e. The molecule has 1 aliphatic rings. The molecule has 0 radical (unpaired) electrons. The van der Waals surface area contributed by atoms with E-state index in [-0.39, 0.29) is 18.1 Å². The van der Waals surface area contributed by atoms with Gasteiger partial charge in [0.2, 0.25) is 11.7 Å². The third-order valence-corrected chi connectivity index (χ3v) is 3.81. The molecule has 3 rings (SSSR count). The molecule has 1 unspecified atom stereocenters. The van der Waals surface area contributed by atoms with Crippen LogP contribution in [0.3, 0.4) is 0 Å². The molecule has 0 aliphatic carbocycles. The second-order valence-electron chi connectivity index (χ2n) is 5.22. The lowest BCUT2D eigenvalue weighted by Gasteiger charge is -2.40. The summed E-state index contributed by atoms with van der Waals surface area (Å²) in [6, 6.07) is 6.59. The minimum atomic E-state index is -0.800. The summed E-state index contributed by atoms with van der Waals surface area (Å²) in [7, 11) is 0. The van der Waals surface area contributed by atoms with E-state index in [4.69, 9.17) is 10.3 Å². The molecule has 1 saturated heterocycles. The zero-order chi connectivity index (χ0) is 16.4. The van der Waals surface area contributed by atoms with Gasteiger partial charge < -0.3 is 20.1 Å². The molecule has 120 valence electrons. The zero-order valence-corrected chi connectivity index (χ0v) is 12.2. The van der Waals surface area contributed by atoms with Gasteiger partial charge in [-0.05, 0) is 24.3 Å². The standard InChI is InChI=1S/C15H15FN4O3/c16-10-1-3-11(4-2-10)19-7-8-20(12(9-19)14(17)21)15(22)13-5-6-18-23-13/h1-6,12H,7-9H2,(H2,17,21).